The van der Waals surface area contributed by atoms with Crippen molar-refractivity contribution in [3.05, 3.63) is 180 Å². The average molecular weight is 1090 g/mol. The quantitative estimate of drug-likeness (QED) is 0.149. The van der Waals surface area contributed by atoms with Crippen LogP contribution in [0.2, 0.25) is 0 Å². The Labute approximate surface area is 427 Å². The fraction of sp³-hybridized carbons (Fsp3) is 0.333. The summed E-state index contributed by atoms with van der Waals surface area (Å²) < 4.78 is 8.98. The van der Waals surface area contributed by atoms with Crippen LogP contribution in [0.4, 0.5) is 17.1 Å². The topological polar surface area (TPSA) is 33.5 Å². The zero-order chi connectivity index (χ0) is 48.7. The largest absolute Gasteiger partial charge is 0.509 e. The molecule has 0 amide bonds. The number of rotatable bonds is 7. The Hall–Kier alpha value is -5.64. The summed E-state index contributed by atoms with van der Waals surface area (Å²) in [5.41, 5.74) is 15.3. The van der Waals surface area contributed by atoms with Crippen molar-refractivity contribution in [3.8, 4) is 28.4 Å². The summed E-state index contributed by atoms with van der Waals surface area (Å²) >= 11 is 0. The van der Waals surface area contributed by atoms with E-state index >= 15 is 0 Å². The van der Waals surface area contributed by atoms with Crippen LogP contribution in [0.5, 0.6) is 11.5 Å². The first kappa shape index (κ1) is 49.8. The van der Waals surface area contributed by atoms with Crippen LogP contribution in [0, 0.1) is 18.8 Å². The maximum atomic E-state index is 6.75. The number of fused-ring (bicyclic) bond motifs is 4. The molecule has 0 saturated heterocycles. The van der Waals surface area contributed by atoms with Gasteiger partial charge in [-0.15, -0.1) is 41.4 Å². The van der Waals surface area contributed by atoms with Crippen molar-refractivity contribution in [3.63, 3.8) is 0 Å². The minimum atomic E-state index is -0.0344. The molecule has 9 rings (SSSR count). The Bertz CT molecular complexity index is 3200. The second kappa shape index (κ2) is 18.0. The number of ether oxygens (including phenoxy) is 1. The molecule has 1 aliphatic heterocycles. The molecule has 0 aliphatic carbocycles. The monoisotopic (exact) mass is 1090 g/mol. The molecule has 0 spiro atoms. The van der Waals surface area contributed by atoms with E-state index in [2.05, 4.69) is 246 Å². The molecule has 1 aliphatic rings. The van der Waals surface area contributed by atoms with Crippen molar-refractivity contribution in [1.29, 1.82) is 0 Å². The van der Waals surface area contributed by atoms with E-state index in [0.717, 1.165) is 39.3 Å². The maximum absolute atomic E-state index is 6.75. The van der Waals surface area contributed by atoms with Gasteiger partial charge in [0, 0.05) is 62.2 Å². The number of hydrogen-bond acceptors (Lipinski definition) is 4. The molecule has 0 radical (unpaired) electrons. The van der Waals surface area contributed by atoms with Gasteiger partial charge in [-0.2, -0.15) is 18.8 Å². The van der Waals surface area contributed by atoms with Gasteiger partial charge in [0.15, 0.2) is 0 Å². The van der Waals surface area contributed by atoms with Gasteiger partial charge in [0.1, 0.15) is 5.82 Å². The third kappa shape index (κ3) is 10.2. The van der Waals surface area contributed by atoms with E-state index in [0.29, 0.717) is 18.0 Å². The Morgan fingerprint density at radius 3 is 1.81 bits per heavy atom. The van der Waals surface area contributed by atoms with Crippen LogP contribution in [0.15, 0.2) is 128 Å². The van der Waals surface area contributed by atoms with Crippen LogP contribution < -0.4 is 14.5 Å². The molecule has 8 aromatic rings. The van der Waals surface area contributed by atoms with Gasteiger partial charge in [-0.05, 0) is 113 Å². The number of benzene rings is 6. The normalized spacial score (nSPS) is 13.6. The summed E-state index contributed by atoms with van der Waals surface area (Å²) in [6, 6.07) is 52.0. The van der Waals surface area contributed by atoms with E-state index in [1.54, 1.807) is 0 Å². The smallest absolute Gasteiger partial charge is 0.135 e. The molecule has 360 valence electrons. The molecule has 2 aromatic heterocycles. The average Bonchev–Trinajstić information content (AvgIpc) is 3.79. The SMILES string of the molecule is CC(C)(C)c1cccc(-c2cc(CN3[CH-]N(c4[c-]c(Oc5[c-]c6c(cc5)c5cc(C(C)(C)C)ccc5n6-c5cc(C(C)(C)C)ccn5)ccc4)c4cc(C(C)(C)C)ccc43)cc(C(C)(C)C)c2)c1.[Pt]. The molecule has 0 saturated carbocycles. The standard InChI is InChI=1S/C63H69N4O.Pt/c1-59(2,3)44-19-16-18-42(32-44)43-30-41(31-48(33-43)63(13,14)15)39-65-40-66(57-35-46(61(7,8)9)23-27-55(57)65)49-20-17-21-50(37-49)68-51-24-25-52-53-34-45(60(4,5)6)22-26-54(53)67(56(52)38-51)58-36-47(28-29-64-58)62(10,11)12;/h16-36,40H,39H2,1-15H3;/q-3;. The Balaban J connectivity index is 0.00000642. The van der Waals surface area contributed by atoms with Crippen molar-refractivity contribution in [1.82, 2.24) is 9.55 Å². The van der Waals surface area contributed by atoms with E-state index in [4.69, 9.17) is 9.72 Å². The fourth-order valence-corrected chi connectivity index (χ4v) is 9.20. The number of anilines is 3. The number of pyridine rings is 1. The molecule has 0 atom stereocenters. The zero-order valence-corrected chi connectivity index (χ0v) is 45.7. The third-order valence-corrected chi connectivity index (χ3v) is 13.5. The number of aromatic nitrogens is 2. The molecule has 69 heavy (non-hydrogen) atoms. The summed E-state index contributed by atoms with van der Waals surface area (Å²) in [6.07, 6.45) is 1.92. The van der Waals surface area contributed by atoms with E-state index in [9.17, 15) is 0 Å². The zero-order valence-electron chi connectivity index (χ0n) is 43.4. The van der Waals surface area contributed by atoms with Crippen LogP contribution >= 0.6 is 0 Å². The van der Waals surface area contributed by atoms with Crippen LogP contribution in [-0.4, -0.2) is 9.55 Å². The molecule has 0 N–H and O–H groups in total. The molecular weight excluding hydrogens is 1020 g/mol. The minimum absolute atomic E-state index is 0. The Morgan fingerprint density at radius 2 is 1.12 bits per heavy atom. The summed E-state index contributed by atoms with van der Waals surface area (Å²) in [5, 5.41) is 2.28. The van der Waals surface area contributed by atoms with E-state index in [-0.39, 0.29) is 48.1 Å². The Morgan fingerprint density at radius 1 is 0.507 bits per heavy atom. The van der Waals surface area contributed by atoms with Crippen molar-refractivity contribution in [2.75, 3.05) is 9.80 Å². The van der Waals surface area contributed by atoms with Gasteiger partial charge >= 0.3 is 0 Å². The van der Waals surface area contributed by atoms with Gasteiger partial charge in [0.25, 0.3) is 0 Å². The number of nitrogens with zero attached hydrogens (tertiary/aromatic N) is 4. The van der Waals surface area contributed by atoms with Gasteiger partial charge in [-0.1, -0.05) is 164 Å². The first-order valence-electron chi connectivity index (χ1n) is 24.3. The molecule has 0 unspecified atom stereocenters. The fourth-order valence-electron chi connectivity index (χ4n) is 9.20. The van der Waals surface area contributed by atoms with Crippen molar-refractivity contribution < 1.29 is 25.8 Å². The van der Waals surface area contributed by atoms with Gasteiger partial charge in [-0.25, -0.2) is 4.98 Å². The summed E-state index contributed by atoms with van der Waals surface area (Å²) in [6.45, 7) is 37.0. The molecule has 5 nitrogen and oxygen atoms in total. The van der Waals surface area contributed by atoms with Crippen LogP contribution in [-0.2, 0) is 54.7 Å². The summed E-state index contributed by atoms with van der Waals surface area (Å²) in [7, 11) is 0. The van der Waals surface area contributed by atoms with E-state index in [1.165, 1.54) is 49.9 Å². The van der Waals surface area contributed by atoms with Crippen molar-refractivity contribution >= 4 is 38.9 Å². The van der Waals surface area contributed by atoms with Gasteiger partial charge in [0.2, 0.25) is 0 Å². The summed E-state index contributed by atoms with van der Waals surface area (Å²) in [4.78, 5) is 9.59. The molecule has 0 bridgehead atoms. The predicted octanol–water partition coefficient (Wildman–Crippen LogP) is 17.0. The molecule has 6 aromatic carbocycles. The first-order chi connectivity index (χ1) is 31.8. The summed E-state index contributed by atoms with van der Waals surface area (Å²) in [5.74, 6) is 2.09. The van der Waals surface area contributed by atoms with Gasteiger partial charge < -0.3 is 19.1 Å². The van der Waals surface area contributed by atoms with Crippen LogP contribution in [0.1, 0.15) is 137 Å². The van der Waals surface area contributed by atoms with E-state index in [1.807, 2.05) is 18.3 Å². The van der Waals surface area contributed by atoms with Crippen molar-refractivity contribution in [2.45, 2.75) is 137 Å². The van der Waals surface area contributed by atoms with Crippen LogP contribution in [0.25, 0.3) is 38.8 Å². The number of hydrogen-bond donors (Lipinski definition) is 0. The molecule has 0 fully saturated rings. The second-order valence-electron chi connectivity index (χ2n) is 24.1. The van der Waals surface area contributed by atoms with Crippen molar-refractivity contribution in [2.24, 2.45) is 0 Å². The van der Waals surface area contributed by atoms with E-state index < -0.39 is 0 Å². The molecular formula is C63H69N4OPt-3. The first-order valence-corrected chi connectivity index (χ1v) is 24.3. The van der Waals surface area contributed by atoms with Gasteiger partial charge in [-0.3, -0.25) is 0 Å². The maximum Gasteiger partial charge on any atom is 0.135 e. The Kier molecular flexibility index (Phi) is 12.9. The van der Waals surface area contributed by atoms with Gasteiger partial charge in [0.05, 0.1) is 0 Å². The second-order valence-corrected chi connectivity index (χ2v) is 24.1. The molecule has 3 heterocycles. The van der Waals surface area contributed by atoms with Crippen LogP contribution in [0.3, 0.4) is 0 Å². The minimum Gasteiger partial charge on any atom is -0.509 e. The molecule has 6 heteroatoms. The predicted molar refractivity (Wildman–Crippen MR) is 287 cm³/mol. The third-order valence-electron chi connectivity index (χ3n) is 13.5.